The average molecular weight is 264 g/mol. The van der Waals surface area contributed by atoms with Crippen molar-refractivity contribution in [2.24, 2.45) is 11.8 Å². The van der Waals surface area contributed by atoms with Gasteiger partial charge in [0.25, 0.3) is 0 Å². The average Bonchev–Trinajstić information content (AvgIpc) is 2.88. The molecule has 19 heavy (non-hydrogen) atoms. The largest absolute Gasteiger partial charge is 0.469 e. The van der Waals surface area contributed by atoms with Gasteiger partial charge in [0.05, 0.1) is 6.26 Å². The number of nitrogens with one attached hydrogen (secondary N) is 1. The Bertz CT molecular complexity index is 359. The number of hydrogen-bond donors (Lipinski definition) is 1. The monoisotopic (exact) mass is 264 g/mol. The molecule has 1 aliphatic heterocycles. The SMILES string of the molecule is CC(C)C1CN(CCc2ccco2)C(C(C)C)CN1. The number of rotatable bonds is 5. The zero-order valence-electron chi connectivity index (χ0n) is 12.7. The van der Waals surface area contributed by atoms with Gasteiger partial charge in [0.2, 0.25) is 0 Å². The van der Waals surface area contributed by atoms with Crippen LogP contribution in [0.3, 0.4) is 0 Å². The molecule has 0 aliphatic carbocycles. The third kappa shape index (κ3) is 3.83. The molecule has 1 aromatic heterocycles. The highest BCUT2D eigenvalue weighted by Gasteiger charge is 2.30. The van der Waals surface area contributed by atoms with Crippen molar-refractivity contribution in [3.63, 3.8) is 0 Å². The van der Waals surface area contributed by atoms with E-state index in [-0.39, 0.29) is 0 Å². The van der Waals surface area contributed by atoms with Crippen LogP contribution in [0.4, 0.5) is 0 Å². The molecule has 108 valence electrons. The molecular weight excluding hydrogens is 236 g/mol. The number of furan rings is 1. The molecule has 0 amide bonds. The molecule has 1 N–H and O–H groups in total. The molecular formula is C16H28N2O. The molecule has 3 nitrogen and oxygen atoms in total. The fourth-order valence-electron chi connectivity index (χ4n) is 2.92. The van der Waals surface area contributed by atoms with Gasteiger partial charge in [0.1, 0.15) is 5.76 Å². The van der Waals surface area contributed by atoms with Crippen LogP contribution >= 0.6 is 0 Å². The van der Waals surface area contributed by atoms with Gasteiger partial charge in [-0.15, -0.1) is 0 Å². The van der Waals surface area contributed by atoms with E-state index in [2.05, 4.69) is 44.0 Å². The van der Waals surface area contributed by atoms with E-state index in [1.165, 1.54) is 0 Å². The van der Waals surface area contributed by atoms with Gasteiger partial charge in [-0.05, 0) is 24.0 Å². The number of nitrogens with zero attached hydrogens (tertiary/aromatic N) is 1. The van der Waals surface area contributed by atoms with Gasteiger partial charge in [0.15, 0.2) is 0 Å². The van der Waals surface area contributed by atoms with E-state index in [1.807, 2.05) is 6.07 Å². The van der Waals surface area contributed by atoms with E-state index in [1.54, 1.807) is 6.26 Å². The van der Waals surface area contributed by atoms with Crippen molar-refractivity contribution in [2.75, 3.05) is 19.6 Å². The van der Waals surface area contributed by atoms with Crippen LogP contribution in [0.15, 0.2) is 22.8 Å². The lowest BCUT2D eigenvalue weighted by molar-refractivity contribution is 0.0850. The predicted molar refractivity (Wildman–Crippen MR) is 79.2 cm³/mol. The van der Waals surface area contributed by atoms with Crippen molar-refractivity contribution < 1.29 is 4.42 Å². The van der Waals surface area contributed by atoms with Crippen LogP contribution in [0.1, 0.15) is 33.5 Å². The third-order valence-corrected chi connectivity index (χ3v) is 4.29. The summed E-state index contributed by atoms with van der Waals surface area (Å²) >= 11 is 0. The highest BCUT2D eigenvalue weighted by Crippen LogP contribution is 2.19. The zero-order chi connectivity index (χ0) is 13.8. The van der Waals surface area contributed by atoms with Crippen molar-refractivity contribution in [1.82, 2.24) is 10.2 Å². The Kier molecular flexibility index (Phi) is 5.06. The van der Waals surface area contributed by atoms with Crippen LogP contribution in [0.2, 0.25) is 0 Å². The molecule has 1 aromatic rings. The quantitative estimate of drug-likeness (QED) is 0.886. The fraction of sp³-hybridized carbons (Fsp3) is 0.750. The Balaban J connectivity index is 1.95. The maximum absolute atomic E-state index is 5.45. The highest BCUT2D eigenvalue weighted by molar-refractivity contribution is 4.99. The van der Waals surface area contributed by atoms with Gasteiger partial charge in [0, 0.05) is 38.1 Å². The van der Waals surface area contributed by atoms with E-state index < -0.39 is 0 Å². The Hall–Kier alpha value is -0.800. The third-order valence-electron chi connectivity index (χ3n) is 4.29. The summed E-state index contributed by atoms with van der Waals surface area (Å²) in [6, 6.07) is 5.31. The molecule has 0 spiro atoms. The Morgan fingerprint density at radius 2 is 2.11 bits per heavy atom. The maximum Gasteiger partial charge on any atom is 0.105 e. The first-order valence-corrected chi connectivity index (χ1v) is 7.57. The van der Waals surface area contributed by atoms with Gasteiger partial charge in [-0.2, -0.15) is 0 Å². The first kappa shape index (κ1) is 14.6. The summed E-state index contributed by atoms with van der Waals surface area (Å²) in [7, 11) is 0. The Labute approximate surface area is 117 Å². The van der Waals surface area contributed by atoms with Crippen LogP contribution in [-0.4, -0.2) is 36.6 Å². The maximum atomic E-state index is 5.45. The van der Waals surface area contributed by atoms with E-state index in [4.69, 9.17) is 4.42 Å². The summed E-state index contributed by atoms with van der Waals surface area (Å²) in [6.45, 7) is 12.6. The Morgan fingerprint density at radius 1 is 1.32 bits per heavy atom. The van der Waals surface area contributed by atoms with Crippen LogP contribution < -0.4 is 5.32 Å². The first-order valence-electron chi connectivity index (χ1n) is 7.57. The molecule has 0 radical (unpaired) electrons. The summed E-state index contributed by atoms with van der Waals surface area (Å²) in [5.41, 5.74) is 0. The molecule has 2 atom stereocenters. The molecule has 0 saturated carbocycles. The standard InChI is InChI=1S/C16H28N2O/c1-12(2)15-11-18(16(10-17-15)13(3)4)8-7-14-6-5-9-19-14/h5-6,9,12-13,15-17H,7-8,10-11H2,1-4H3. The van der Waals surface area contributed by atoms with E-state index in [0.717, 1.165) is 31.8 Å². The summed E-state index contributed by atoms with van der Waals surface area (Å²) in [4.78, 5) is 2.65. The molecule has 2 unspecified atom stereocenters. The first-order chi connectivity index (χ1) is 9.08. The Morgan fingerprint density at radius 3 is 2.68 bits per heavy atom. The topological polar surface area (TPSA) is 28.4 Å². The molecule has 0 bridgehead atoms. The van der Waals surface area contributed by atoms with Crippen LogP contribution in [0.25, 0.3) is 0 Å². The van der Waals surface area contributed by atoms with Crippen molar-refractivity contribution in [3.8, 4) is 0 Å². The van der Waals surface area contributed by atoms with Gasteiger partial charge in [-0.1, -0.05) is 27.7 Å². The second-order valence-corrected chi connectivity index (χ2v) is 6.39. The fourth-order valence-corrected chi connectivity index (χ4v) is 2.92. The molecule has 1 saturated heterocycles. The van der Waals surface area contributed by atoms with Crippen molar-refractivity contribution in [1.29, 1.82) is 0 Å². The van der Waals surface area contributed by atoms with Crippen LogP contribution in [0, 0.1) is 11.8 Å². The lowest BCUT2D eigenvalue weighted by Crippen LogP contribution is -2.59. The lowest BCUT2D eigenvalue weighted by Gasteiger charge is -2.43. The van der Waals surface area contributed by atoms with Gasteiger partial charge >= 0.3 is 0 Å². The second-order valence-electron chi connectivity index (χ2n) is 6.39. The van der Waals surface area contributed by atoms with Crippen LogP contribution in [0.5, 0.6) is 0 Å². The molecule has 1 aliphatic rings. The predicted octanol–water partition coefficient (Wildman–Crippen LogP) is 2.78. The number of hydrogen-bond acceptors (Lipinski definition) is 3. The molecule has 2 rings (SSSR count). The summed E-state index contributed by atoms with van der Waals surface area (Å²) in [6.07, 6.45) is 2.78. The van der Waals surface area contributed by atoms with Gasteiger partial charge < -0.3 is 9.73 Å². The zero-order valence-corrected chi connectivity index (χ0v) is 12.7. The van der Waals surface area contributed by atoms with Crippen LogP contribution in [-0.2, 0) is 6.42 Å². The minimum absolute atomic E-state index is 0.617. The second kappa shape index (κ2) is 6.58. The minimum atomic E-state index is 0.617. The van der Waals surface area contributed by atoms with E-state index >= 15 is 0 Å². The highest BCUT2D eigenvalue weighted by atomic mass is 16.3. The van der Waals surface area contributed by atoms with Gasteiger partial charge in [-0.25, -0.2) is 0 Å². The van der Waals surface area contributed by atoms with Crippen molar-refractivity contribution in [2.45, 2.75) is 46.2 Å². The number of piperazine rings is 1. The molecule has 3 heteroatoms. The van der Waals surface area contributed by atoms with Crippen molar-refractivity contribution >= 4 is 0 Å². The normalized spacial score (nSPS) is 25.4. The van der Waals surface area contributed by atoms with Crippen molar-refractivity contribution in [3.05, 3.63) is 24.2 Å². The minimum Gasteiger partial charge on any atom is -0.469 e. The molecule has 2 heterocycles. The molecule has 1 fully saturated rings. The lowest BCUT2D eigenvalue weighted by atomic mass is 9.94. The van der Waals surface area contributed by atoms with E-state index in [0.29, 0.717) is 23.9 Å². The van der Waals surface area contributed by atoms with Gasteiger partial charge in [-0.3, -0.25) is 4.90 Å². The summed E-state index contributed by atoms with van der Waals surface area (Å²) in [5, 5.41) is 3.71. The summed E-state index contributed by atoms with van der Waals surface area (Å²) < 4.78 is 5.45. The molecule has 0 aromatic carbocycles. The van der Waals surface area contributed by atoms with E-state index in [9.17, 15) is 0 Å². The smallest absolute Gasteiger partial charge is 0.105 e. The summed E-state index contributed by atoms with van der Waals surface area (Å²) in [5.74, 6) is 2.48.